The Bertz CT molecular complexity index is 737. The van der Waals surface area contributed by atoms with E-state index in [0.717, 1.165) is 10.0 Å². The third kappa shape index (κ3) is 2.92. The van der Waals surface area contributed by atoms with E-state index in [1.54, 1.807) is 30.3 Å². The summed E-state index contributed by atoms with van der Waals surface area (Å²) < 4.78 is 11.2. The standard InChI is InChI=1S/C16H11BrO4/c17-11-3-5-14(19)12(8-11)13(18)4-1-10-2-6-15-16(7-10)21-9-20-15/h1-8,19H,9H2. The van der Waals surface area contributed by atoms with Gasteiger partial charge in [0.05, 0.1) is 5.56 Å². The summed E-state index contributed by atoms with van der Waals surface area (Å²) in [5.74, 6) is 1.04. The van der Waals surface area contributed by atoms with Crippen LogP contribution in [0.2, 0.25) is 0 Å². The number of halogens is 1. The molecule has 1 aliphatic heterocycles. The molecule has 0 bridgehead atoms. The number of carbonyl (C=O) groups excluding carboxylic acids is 1. The van der Waals surface area contributed by atoms with Crippen molar-refractivity contribution < 1.29 is 19.4 Å². The smallest absolute Gasteiger partial charge is 0.231 e. The number of rotatable bonds is 3. The van der Waals surface area contributed by atoms with Gasteiger partial charge in [-0.05, 0) is 42.0 Å². The van der Waals surface area contributed by atoms with E-state index in [2.05, 4.69) is 15.9 Å². The number of benzene rings is 2. The highest BCUT2D eigenvalue weighted by atomic mass is 79.9. The van der Waals surface area contributed by atoms with Gasteiger partial charge in [-0.25, -0.2) is 0 Å². The molecule has 0 radical (unpaired) electrons. The normalized spacial score (nSPS) is 12.8. The number of fused-ring (bicyclic) bond motifs is 1. The Hall–Kier alpha value is -2.27. The van der Waals surface area contributed by atoms with Crippen molar-refractivity contribution in [3.05, 3.63) is 58.1 Å². The number of aromatic hydroxyl groups is 1. The summed E-state index contributed by atoms with van der Waals surface area (Å²) in [5.41, 5.74) is 1.07. The largest absolute Gasteiger partial charge is 0.507 e. The zero-order valence-corrected chi connectivity index (χ0v) is 12.5. The minimum absolute atomic E-state index is 0.0430. The fourth-order valence-electron chi connectivity index (χ4n) is 1.98. The molecule has 0 saturated carbocycles. The maximum absolute atomic E-state index is 12.1. The third-order valence-electron chi connectivity index (χ3n) is 3.05. The van der Waals surface area contributed by atoms with Crippen molar-refractivity contribution in [2.24, 2.45) is 0 Å². The van der Waals surface area contributed by atoms with Gasteiger partial charge in [-0.15, -0.1) is 0 Å². The van der Waals surface area contributed by atoms with Crippen molar-refractivity contribution in [2.45, 2.75) is 0 Å². The molecule has 0 atom stereocenters. The zero-order chi connectivity index (χ0) is 14.8. The Morgan fingerprint density at radius 1 is 1.14 bits per heavy atom. The van der Waals surface area contributed by atoms with Crippen molar-refractivity contribution in [3.63, 3.8) is 0 Å². The summed E-state index contributed by atoms with van der Waals surface area (Å²) in [6.07, 6.45) is 3.09. The van der Waals surface area contributed by atoms with Crippen LogP contribution in [0.5, 0.6) is 17.2 Å². The monoisotopic (exact) mass is 346 g/mol. The molecule has 0 aromatic heterocycles. The fourth-order valence-corrected chi connectivity index (χ4v) is 2.35. The van der Waals surface area contributed by atoms with Gasteiger partial charge in [-0.3, -0.25) is 4.79 Å². The Balaban J connectivity index is 1.82. The highest BCUT2D eigenvalue weighted by molar-refractivity contribution is 9.10. The first kappa shape index (κ1) is 13.7. The second kappa shape index (κ2) is 5.61. The van der Waals surface area contributed by atoms with Crippen molar-refractivity contribution in [3.8, 4) is 17.2 Å². The first-order valence-corrected chi connectivity index (χ1v) is 7.03. The molecule has 106 valence electrons. The first-order chi connectivity index (χ1) is 10.1. The van der Waals surface area contributed by atoms with Crippen LogP contribution < -0.4 is 9.47 Å². The fraction of sp³-hybridized carbons (Fsp3) is 0.0625. The molecule has 0 unspecified atom stereocenters. The molecule has 0 spiro atoms. The molecular formula is C16H11BrO4. The molecule has 3 rings (SSSR count). The van der Waals surface area contributed by atoms with E-state index in [1.807, 2.05) is 6.07 Å². The topological polar surface area (TPSA) is 55.8 Å². The van der Waals surface area contributed by atoms with Gasteiger partial charge in [0, 0.05) is 4.47 Å². The highest BCUT2D eigenvalue weighted by Crippen LogP contribution is 2.33. The van der Waals surface area contributed by atoms with Crippen molar-refractivity contribution in [2.75, 3.05) is 6.79 Å². The quantitative estimate of drug-likeness (QED) is 0.678. The van der Waals surface area contributed by atoms with Crippen LogP contribution in [-0.2, 0) is 0 Å². The zero-order valence-electron chi connectivity index (χ0n) is 10.9. The number of hydrogen-bond donors (Lipinski definition) is 1. The molecule has 1 N–H and O–H groups in total. The van der Waals surface area contributed by atoms with E-state index < -0.39 is 0 Å². The maximum Gasteiger partial charge on any atom is 0.231 e. The number of phenols is 1. The van der Waals surface area contributed by atoms with E-state index in [9.17, 15) is 9.90 Å². The minimum Gasteiger partial charge on any atom is -0.507 e. The Morgan fingerprint density at radius 2 is 1.95 bits per heavy atom. The summed E-state index contributed by atoms with van der Waals surface area (Å²) in [7, 11) is 0. The lowest BCUT2D eigenvalue weighted by atomic mass is 10.1. The molecule has 21 heavy (non-hydrogen) atoms. The molecule has 0 saturated heterocycles. The molecule has 2 aromatic rings. The van der Waals surface area contributed by atoms with Crippen molar-refractivity contribution in [1.82, 2.24) is 0 Å². The molecule has 4 nitrogen and oxygen atoms in total. The summed E-state index contributed by atoms with van der Waals surface area (Å²) in [6, 6.07) is 10.2. The number of ketones is 1. The van der Waals surface area contributed by atoms with Crippen LogP contribution in [0.4, 0.5) is 0 Å². The van der Waals surface area contributed by atoms with Crippen LogP contribution in [-0.4, -0.2) is 17.7 Å². The van der Waals surface area contributed by atoms with E-state index >= 15 is 0 Å². The third-order valence-corrected chi connectivity index (χ3v) is 3.54. The summed E-state index contributed by atoms with van der Waals surface area (Å²) in [5, 5.41) is 9.72. The van der Waals surface area contributed by atoms with Gasteiger partial charge in [-0.1, -0.05) is 28.1 Å². The first-order valence-electron chi connectivity index (χ1n) is 6.24. The van der Waals surface area contributed by atoms with Crippen LogP contribution in [0, 0.1) is 0 Å². The SMILES string of the molecule is O=C(C=Cc1ccc2c(c1)OCO2)c1cc(Br)ccc1O. The molecule has 2 aromatic carbocycles. The molecule has 1 aliphatic rings. The van der Waals surface area contributed by atoms with Crippen molar-refractivity contribution >= 4 is 27.8 Å². The molecule has 1 heterocycles. The number of phenolic OH excluding ortho intramolecular Hbond substituents is 1. The van der Waals surface area contributed by atoms with E-state index in [4.69, 9.17) is 9.47 Å². The van der Waals surface area contributed by atoms with E-state index in [0.29, 0.717) is 11.5 Å². The van der Waals surface area contributed by atoms with Crippen LogP contribution in [0.15, 0.2) is 46.9 Å². The molecule has 0 fully saturated rings. The molecule has 0 aliphatic carbocycles. The van der Waals surface area contributed by atoms with E-state index in [-0.39, 0.29) is 23.9 Å². The second-order valence-corrected chi connectivity index (χ2v) is 5.39. The summed E-state index contributed by atoms with van der Waals surface area (Å²) in [6.45, 7) is 0.216. The summed E-state index contributed by atoms with van der Waals surface area (Å²) >= 11 is 3.28. The molecule has 5 heteroatoms. The second-order valence-electron chi connectivity index (χ2n) is 4.47. The van der Waals surface area contributed by atoms with E-state index in [1.165, 1.54) is 12.1 Å². The Morgan fingerprint density at radius 3 is 2.81 bits per heavy atom. The highest BCUT2D eigenvalue weighted by Gasteiger charge is 2.13. The van der Waals surface area contributed by atoms with Gasteiger partial charge < -0.3 is 14.6 Å². The average Bonchev–Trinajstić information content (AvgIpc) is 2.94. The van der Waals surface area contributed by atoms with Crippen LogP contribution in [0.25, 0.3) is 6.08 Å². The van der Waals surface area contributed by atoms with Gasteiger partial charge in [0.1, 0.15) is 5.75 Å². The van der Waals surface area contributed by atoms with Gasteiger partial charge in [0.25, 0.3) is 0 Å². The Labute approximate surface area is 129 Å². The number of allylic oxidation sites excluding steroid dienone is 1. The predicted octanol–water partition coefficient (Wildman–Crippen LogP) is 3.78. The predicted molar refractivity (Wildman–Crippen MR) is 81.7 cm³/mol. The average molecular weight is 347 g/mol. The van der Waals surface area contributed by atoms with Gasteiger partial charge in [0.2, 0.25) is 6.79 Å². The number of ether oxygens (including phenoxy) is 2. The summed E-state index contributed by atoms with van der Waals surface area (Å²) in [4.78, 5) is 12.1. The Kier molecular flexibility index (Phi) is 3.66. The van der Waals surface area contributed by atoms with Crippen LogP contribution in [0.1, 0.15) is 15.9 Å². The number of hydrogen-bond acceptors (Lipinski definition) is 4. The van der Waals surface area contributed by atoms with Gasteiger partial charge >= 0.3 is 0 Å². The minimum atomic E-state index is -0.272. The maximum atomic E-state index is 12.1. The van der Waals surface area contributed by atoms with Gasteiger partial charge in [0.15, 0.2) is 17.3 Å². The van der Waals surface area contributed by atoms with Crippen LogP contribution in [0.3, 0.4) is 0 Å². The number of carbonyl (C=O) groups is 1. The van der Waals surface area contributed by atoms with Crippen LogP contribution >= 0.6 is 15.9 Å². The molecular weight excluding hydrogens is 336 g/mol. The lowest BCUT2D eigenvalue weighted by Gasteiger charge is -2.01. The van der Waals surface area contributed by atoms with Crippen molar-refractivity contribution in [1.29, 1.82) is 0 Å². The van der Waals surface area contributed by atoms with Gasteiger partial charge in [-0.2, -0.15) is 0 Å². The molecule has 0 amide bonds. The lowest BCUT2D eigenvalue weighted by Crippen LogP contribution is -1.94. The lowest BCUT2D eigenvalue weighted by molar-refractivity contribution is 0.104.